The molecule has 2 aromatic rings. The standard InChI is InChI=1S/C15H20N4O2/c1-3-5-12-13(16)14(19-18-12)15(20)17-9-10-6-4-7-11(8-10)21-2/h4,6-8H,3,5,9,16H2,1-2H3,(H,17,20)(H,18,19). The molecule has 0 aliphatic rings. The number of amides is 1. The highest BCUT2D eigenvalue weighted by Crippen LogP contribution is 2.16. The maximum Gasteiger partial charge on any atom is 0.274 e. The number of nitrogen functional groups attached to an aromatic ring is 1. The summed E-state index contributed by atoms with van der Waals surface area (Å²) in [5.41, 5.74) is 8.37. The van der Waals surface area contributed by atoms with Crippen LogP contribution in [0.3, 0.4) is 0 Å². The van der Waals surface area contributed by atoms with Gasteiger partial charge < -0.3 is 15.8 Å². The Kier molecular flexibility index (Phi) is 4.81. The van der Waals surface area contributed by atoms with Crippen LogP contribution in [0.25, 0.3) is 0 Å². The minimum absolute atomic E-state index is 0.251. The van der Waals surface area contributed by atoms with E-state index in [1.807, 2.05) is 31.2 Å². The molecule has 0 saturated heterocycles. The van der Waals surface area contributed by atoms with E-state index in [9.17, 15) is 4.79 Å². The van der Waals surface area contributed by atoms with Crippen LogP contribution >= 0.6 is 0 Å². The van der Waals surface area contributed by atoms with Gasteiger partial charge in [-0.15, -0.1) is 0 Å². The smallest absolute Gasteiger partial charge is 0.274 e. The van der Waals surface area contributed by atoms with Crippen molar-refractivity contribution in [3.8, 4) is 5.75 Å². The van der Waals surface area contributed by atoms with E-state index in [2.05, 4.69) is 15.5 Å². The Morgan fingerprint density at radius 1 is 1.48 bits per heavy atom. The van der Waals surface area contributed by atoms with E-state index in [1.54, 1.807) is 7.11 Å². The number of methoxy groups -OCH3 is 1. The number of anilines is 1. The SMILES string of the molecule is CCCc1[nH]nc(C(=O)NCc2cccc(OC)c2)c1N. The Morgan fingerprint density at radius 2 is 2.29 bits per heavy atom. The molecule has 0 atom stereocenters. The summed E-state index contributed by atoms with van der Waals surface area (Å²) in [7, 11) is 1.61. The fourth-order valence-corrected chi connectivity index (χ4v) is 2.05. The third kappa shape index (κ3) is 3.53. The normalized spacial score (nSPS) is 10.4. The number of nitrogens with two attached hydrogens (primary N) is 1. The Hall–Kier alpha value is -2.50. The van der Waals surface area contributed by atoms with Gasteiger partial charge in [-0.3, -0.25) is 9.89 Å². The summed E-state index contributed by atoms with van der Waals surface area (Å²) in [6.07, 6.45) is 1.72. The van der Waals surface area contributed by atoms with Crippen molar-refractivity contribution >= 4 is 11.6 Å². The largest absolute Gasteiger partial charge is 0.497 e. The fraction of sp³-hybridized carbons (Fsp3) is 0.333. The van der Waals surface area contributed by atoms with Crippen molar-refractivity contribution in [2.24, 2.45) is 0 Å². The zero-order valence-corrected chi connectivity index (χ0v) is 12.3. The van der Waals surface area contributed by atoms with Gasteiger partial charge in [-0.2, -0.15) is 5.10 Å². The number of hydrogen-bond acceptors (Lipinski definition) is 4. The lowest BCUT2D eigenvalue weighted by molar-refractivity contribution is 0.0946. The van der Waals surface area contributed by atoms with Crippen molar-refractivity contribution in [1.82, 2.24) is 15.5 Å². The van der Waals surface area contributed by atoms with Crippen molar-refractivity contribution in [3.63, 3.8) is 0 Å². The number of nitrogens with zero attached hydrogens (tertiary/aromatic N) is 1. The maximum absolute atomic E-state index is 12.1. The zero-order valence-electron chi connectivity index (χ0n) is 12.3. The van der Waals surface area contributed by atoms with Crippen LogP contribution in [0.5, 0.6) is 5.75 Å². The van der Waals surface area contributed by atoms with Gasteiger partial charge in [-0.1, -0.05) is 25.5 Å². The third-order valence-electron chi connectivity index (χ3n) is 3.19. The highest BCUT2D eigenvalue weighted by molar-refractivity contribution is 5.97. The third-order valence-corrected chi connectivity index (χ3v) is 3.19. The number of carbonyl (C=O) groups excluding carboxylic acids is 1. The molecule has 112 valence electrons. The second-order valence-electron chi connectivity index (χ2n) is 4.75. The lowest BCUT2D eigenvalue weighted by Gasteiger charge is -2.06. The number of benzene rings is 1. The van der Waals surface area contributed by atoms with Gasteiger partial charge in [-0.05, 0) is 24.1 Å². The van der Waals surface area contributed by atoms with Crippen molar-refractivity contribution in [2.75, 3.05) is 12.8 Å². The van der Waals surface area contributed by atoms with E-state index in [1.165, 1.54) is 0 Å². The van der Waals surface area contributed by atoms with Gasteiger partial charge in [0.05, 0.1) is 18.5 Å². The molecule has 0 unspecified atom stereocenters. The van der Waals surface area contributed by atoms with Gasteiger partial charge in [0, 0.05) is 6.54 Å². The highest BCUT2D eigenvalue weighted by atomic mass is 16.5. The molecule has 4 N–H and O–H groups in total. The molecular weight excluding hydrogens is 268 g/mol. The summed E-state index contributed by atoms with van der Waals surface area (Å²) in [4.78, 5) is 12.1. The Bertz CT molecular complexity index is 622. The molecule has 0 aliphatic carbocycles. The van der Waals surface area contributed by atoms with E-state index >= 15 is 0 Å². The molecule has 6 nitrogen and oxygen atoms in total. The number of hydrogen-bond donors (Lipinski definition) is 3. The van der Waals surface area contributed by atoms with Gasteiger partial charge in [-0.25, -0.2) is 0 Å². The second kappa shape index (κ2) is 6.78. The second-order valence-corrected chi connectivity index (χ2v) is 4.75. The Morgan fingerprint density at radius 3 is 3.00 bits per heavy atom. The average Bonchev–Trinajstić information content (AvgIpc) is 2.87. The van der Waals surface area contributed by atoms with Gasteiger partial charge in [0.1, 0.15) is 5.75 Å². The van der Waals surface area contributed by atoms with Gasteiger partial charge in [0.15, 0.2) is 5.69 Å². The van der Waals surface area contributed by atoms with Crippen LogP contribution in [0.15, 0.2) is 24.3 Å². The molecule has 0 aliphatic heterocycles. The van der Waals surface area contributed by atoms with Crippen LogP contribution in [0.1, 0.15) is 35.1 Å². The summed E-state index contributed by atoms with van der Waals surface area (Å²) in [6, 6.07) is 7.52. The summed E-state index contributed by atoms with van der Waals surface area (Å²) < 4.78 is 5.15. The van der Waals surface area contributed by atoms with E-state index in [0.717, 1.165) is 29.8 Å². The van der Waals surface area contributed by atoms with E-state index in [-0.39, 0.29) is 11.6 Å². The molecule has 0 bridgehead atoms. The molecule has 1 amide bonds. The summed E-state index contributed by atoms with van der Waals surface area (Å²) in [5, 5.41) is 9.62. The number of rotatable bonds is 6. The van der Waals surface area contributed by atoms with Crippen molar-refractivity contribution in [1.29, 1.82) is 0 Å². The lowest BCUT2D eigenvalue weighted by atomic mass is 10.2. The number of ether oxygens (including phenoxy) is 1. The maximum atomic E-state index is 12.1. The molecule has 0 fully saturated rings. The Labute approximate surface area is 123 Å². The van der Waals surface area contributed by atoms with Crippen LogP contribution in [-0.4, -0.2) is 23.2 Å². The number of carbonyl (C=O) groups is 1. The topological polar surface area (TPSA) is 93.0 Å². The molecule has 1 heterocycles. The number of aromatic amines is 1. The van der Waals surface area contributed by atoms with Crippen molar-refractivity contribution in [3.05, 3.63) is 41.2 Å². The highest BCUT2D eigenvalue weighted by Gasteiger charge is 2.16. The summed E-state index contributed by atoms with van der Waals surface area (Å²) in [5.74, 6) is 0.472. The summed E-state index contributed by atoms with van der Waals surface area (Å²) in [6.45, 7) is 2.44. The molecular formula is C15H20N4O2. The number of aromatic nitrogens is 2. The number of aryl methyl sites for hydroxylation is 1. The number of nitrogens with one attached hydrogen (secondary N) is 2. The minimum atomic E-state index is -0.283. The van der Waals surface area contributed by atoms with Crippen molar-refractivity contribution < 1.29 is 9.53 Å². The first kappa shape index (κ1) is 14.9. The first-order valence-corrected chi connectivity index (χ1v) is 6.89. The lowest BCUT2D eigenvalue weighted by Crippen LogP contribution is -2.24. The summed E-state index contributed by atoms with van der Waals surface area (Å²) >= 11 is 0. The molecule has 0 saturated carbocycles. The minimum Gasteiger partial charge on any atom is -0.497 e. The van der Waals surface area contributed by atoms with Gasteiger partial charge >= 0.3 is 0 Å². The Balaban J connectivity index is 2.01. The predicted molar refractivity (Wildman–Crippen MR) is 81.2 cm³/mol. The molecule has 0 radical (unpaired) electrons. The molecule has 1 aromatic carbocycles. The fourth-order valence-electron chi connectivity index (χ4n) is 2.05. The predicted octanol–water partition coefficient (Wildman–Crippen LogP) is 1.88. The van der Waals surface area contributed by atoms with Crippen molar-refractivity contribution in [2.45, 2.75) is 26.3 Å². The average molecular weight is 288 g/mol. The van der Waals surface area contributed by atoms with Crippen LogP contribution in [0, 0.1) is 0 Å². The van der Waals surface area contributed by atoms with Crippen LogP contribution < -0.4 is 15.8 Å². The zero-order chi connectivity index (χ0) is 15.2. The number of H-pyrrole nitrogens is 1. The monoisotopic (exact) mass is 288 g/mol. The quantitative estimate of drug-likeness (QED) is 0.756. The van der Waals surface area contributed by atoms with Crippen LogP contribution in [0.4, 0.5) is 5.69 Å². The first-order chi connectivity index (χ1) is 10.2. The van der Waals surface area contributed by atoms with Crippen LogP contribution in [0.2, 0.25) is 0 Å². The molecule has 2 rings (SSSR count). The van der Waals surface area contributed by atoms with Gasteiger partial charge in [0.25, 0.3) is 5.91 Å². The van der Waals surface area contributed by atoms with E-state index < -0.39 is 0 Å². The van der Waals surface area contributed by atoms with E-state index in [0.29, 0.717) is 12.2 Å². The van der Waals surface area contributed by atoms with Crippen LogP contribution in [-0.2, 0) is 13.0 Å². The molecule has 1 aromatic heterocycles. The first-order valence-electron chi connectivity index (χ1n) is 6.89. The molecule has 6 heteroatoms. The molecule has 0 spiro atoms. The van der Waals surface area contributed by atoms with Gasteiger partial charge in [0.2, 0.25) is 0 Å². The van der Waals surface area contributed by atoms with E-state index in [4.69, 9.17) is 10.5 Å². The molecule has 21 heavy (non-hydrogen) atoms.